The van der Waals surface area contributed by atoms with Gasteiger partial charge >= 0.3 is 12.1 Å². The molecule has 3 aromatic rings. The van der Waals surface area contributed by atoms with Crippen molar-refractivity contribution in [3.05, 3.63) is 72.4 Å². The molecule has 1 aliphatic heterocycles. The fraction of sp³-hybridized carbons (Fsp3) is 0.240. The smallest absolute Gasteiger partial charge is 0.475 e. The molecule has 0 atom stereocenters. The zero-order valence-corrected chi connectivity index (χ0v) is 19.9. The van der Waals surface area contributed by atoms with Gasteiger partial charge in [-0.25, -0.2) is 9.78 Å². The largest absolute Gasteiger partial charge is 0.490 e. The van der Waals surface area contributed by atoms with E-state index in [0.717, 1.165) is 49.2 Å². The second-order valence-corrected chi connectivity index (χ2v) is 7.75. The molecule has 2 heterocycles. The number of hydrogen-bond donors (Lipinski definition) is 4. The van der Waals surface area contributed by atoms with Crippen LogP contribution in [0.4, 0.5) is 41.7 Å². The van der Waals surface area contributed by atoms with Crippen LogP contribution in [0.25, 0.3) is 0 Å². The summed E-state index contributed by atoms with van der Waals surface area (Å²) in [4.78, 5) is 27.7. The minimum atomic E-state index is -5.08. The molecule has 196 valence electrons. The summed E-state index contributed by atoms with van der Waals surface area (Å²) in [5.74, 6) is -2.17. The number of nitrogens with zero attached hydrogens (tertiary/aromatic N) is 2. The van der Waals surface area contributed by atoms with Crippen molar-refractivity contribution in [2.75, 3.05) is 48.9 Å². The van der Waals surface area contributed by atoms with Crippen molar-refractivity contribution in [3.8, 4) is 0 Å². The number of aromatic nitrogens is 1. The maximum atomic E-state index is 12.1. The van der Waals surface area contributed by atoms with Crippen molar-refractivity contribution >= 4 is 40.4 Å². The van der Waals surface area contributed by atoms with E-state index in [4.69, 9.17) is 14.6 Å². The summed E-state index contributed by atoms with van der Waals surface area (Å²) in [5.41, 5.74) is 4.32. The molecule has 1 aliphatic rings. The van der Waals surface area contributed by atoms with Gasteiger partial charge in [-0.1, -0.05) is 12.1 Å². The Morgan fingerprint density at radius 2 is 1.62 bits per heavy atom. The predicted molar refractivity (Wildman–Crippen MR) is 134 cm³/mol. The molecule has 4 N–H and O–H groups in total. The van der Waals surface area contributed by atoms with Crippen molar-refractivity contribution < 1.29 is 32.6 Å². The number of rotatable bonds is 6. The summed E-state index contributed by atoms with van der Waals surface area (Å²) in [6, 6.07) is 19.5. The molecule has 0 saturated carbocycles. The number of alkyl halides is 3. The lowest BCUT2D eigenvalue weighted by atomic mass is 10.1. The molecule has 1 aromatic heterocycles. The number of halogens is 3. The fourth-order valence-corrected chi connectivity index (χ4v) is 3.38. The Morgan fingerprint density at radius 1 is 0.973 bits per heavy atom. The Hall–Kier alpha value is -4.32. The molecule has 1 fully saturated rings. The highest BCUT2D eigenvalue weighted by molar-refractivity contribution is 6.00. The van der Waals surface area contributed by atoms with Crippen molar-refractivity contribution in [1.82, 2.24) is 10.3 Å². The molecule has 0 unspecified atom stereocenters. The zero-order valence-electron chi connectivity index (χ0n) is 19.9. The lowest BCUT2D eigenvalue weighted by Gasteiger charge is -2.28. The molecule has 9 nitrogen and oxygen atoms in total. The van der Waals surface area contributed by atoms with Crippen molar-refractivity contribution in [2.45, 2.75) is 6.18 Å². The summed E-state index contributed by atoms with van der Waals surface area (Å²) in [7, 11) is 1.62. The highest BCUT2D eigenvalue weighted by atomic mass is 19.4. The van der Waals surface area contributed by atoms with Crippen LogP contribution in [0.5, 0.6) is 0 Å². The Bertz CT molecular complexity index is 1200. The van der Waals surface area contributed by atoms with E-state index in [0.29, 0.717) is 5.56 Å². The first kappa shape index (κ1) is 27.3. The average molecular weight is 518 g/mol. The van der Waals surface area contributed by atoms with Crippen LogP contribution in [-0.2, 0) is 9.53 Å². The maximum Gasteiger partial charge on any atom is 0.490 e. The molecule has 37 heavy (non-hydrogen) atoms. The Balaban J connectivity index is 0.000000479. The van der Waals surface area contributed by atoms with Crippen molar-refractivity contribution in [3.63, 3.8) is 0 Å². The highest BCUT2D eigenvalue weighted by Crippen LogP contribution is 2.25. The first-order chi connectivity index (χ1) is 17.7. The third-order valence-corrected chi connectivity index (χ3v) is 5.20. The molecule has 0 bridgehead atoms. The number of carbonyl (C=O) groups excluding carboxylic acids is 1. The number of nitrogens with one attached hydrogen (secondary N) is 3. The van der Waals surface area contributed by atoms with Crippen molar-refractivity contribution in [1.29, 1.82) is 0 Å². The van der Waals surface area contributed by atoms with E-state index in [1.165, 1.54) is 5.69 Å². The number of benzene rings is 2. The number of hydrogen-bond acceptors (Lipinski definition) is 7. The summed E-state index contributed by atoms with van der Waals surface area (Å²) in [6.45, 7) is 3.37. The zero-order chi connectivity index (χ0) is 26.8. The van der Waals surface area contributed by atoms with E-state index in [-0.39, 0.29) is 5.91 Å². The lowest BCUT2D eigenvalue weighted by molar-refractivity contribution is -0.192. The first-order valence-corrected chi connectivity index (χ1v) is 11.2. The number of ether oxygens (including phenoxy) is 1. The van der Waals surface area contributed by atoms with Crippen LogP contribution in [0.2, 0.25) is 0 Å². The molecule has 4 rings (SSSR count). The molecule has 0 aliphatic carbocycles. The van der Waals surface area contributed by atoms with E-state index in [2.05, 4.69) is 38.0 Å². The molecular formula is C25H26F3N5O4. The SMILES string of the molecule is CNC(=O)c1ccccc1Nc1ccnc(Nc2ccc(N3CCOCC3)cc2)c1.O=C(O)C(F)(F)F. The van der Waals surface area contributed by atoms with Crippen molar-refractivity contribution in [2.24, 2.45) is 0 Å². The van der Waals surface area contributed by atoms with Gasteiger partial charge in [-0.3, -0.25) is 4.79 Å². The molecule has 1 amide bonds. The van der Waals surface area contributed by atoms with Crippen LogP contribution in [0.1, 0.15) is 10.4 Å². The van der Waals surface area contributed by atoms with Gasteiger partial charge in [-0.05, 0) is 42.5 Å². The van der Waals surface area contributed by atoms with E-state index in [1.807, 2.05) is 42.5 Å². The van der Waals surface area contributed by atoms with Crippen LogP contribution in [0.15, 0.2) is 66.9 Å². The van der Waals surface area contributed by atoms with Gasteiger partial charge in [0.2, 0.25) is 0 Å². The number of anilines is 5. The molecule has 1 saturated heterocycles. The Kier molecular flexibility index (Phi) is 9.27. The summed E-state index contributed by atoms with van der Waals surface area (Å²) >= 11 is 0. The second kappa shape index (κ2) is 12.6. The van der Waals surface area contributed by atoms with Gasteiger partial charge in [0.25, 0.3) is 5.91 Å². The van der Waals surface area contributed by atoms with Gasteiger partial charge in [-0.15, -0.1) is 0 Å². The molecular weight excluding hydrogens is 491 g/mol. The Morgan fingerprint density at radius 3 is 2.24 bits per heavy atom. The monoisotopic (exact) mass is 517 g/mol. The van der Waals surface area contributed by atoms with Gasteiger partial charge in [0.1, 0.15) is 5.82 Å². The number of pyridine rings is 1. The number of carbonyl (C=O) groups is 2. The minimum Gasteiger partial charge on any atom is -0.475 e. The quantitative estimate of drug-likeness (QED) is 0.380. The minimum absolute atomic E-state index is 0.133. The Labute approximate surface area is 211 Å². The van der Waals surface area contributed by atoms with Gasteiger partial charge in [0, 0.05) is 49.5 Å². The molecule has 0 radical (unpaired) electrons. The van der Waals surface area contributed by atoms with Crippen LogP contribution in [-0.4, -0.2) is 61.5 Å². The summed E-state index contributed by atoms with van der Waals surface area (Å²) < 4.78 is 37.2. The summed E-state index contributed by atoms with van der Waals surface area (Å²) in [5, 5.41) is 16.4. The van der Waals surface area contributed by atoms with Crippen LogP contribution in [0, 0.1) is 0 Å². The van der Waals surface area contributed by atoms with Gasteiger partial charge in [-0.2, -0.15) is 13.2 Å². The molecule has 2 aromatic carbocycles. The maximum absolute atomic E-state index is 12.1. The van der Waals surface area contributed by atoms with E-state index in [9.17, 15) is 18.0 Å². The number of carboxylic acids is 1. The topological polar surface area (TPSA) is 116 Å². The van der Waals surface area contributed by atoms with Gasteiger partial charge < -0.3 is 30.7 Å². The third kappa shape index (κ3) is 8.10. The fourth-order valence-electron chi connectivity index (χ4n) is 3.38. The lowest BCUT2D eigenvalue weighted by Crippen LogP contribution is -2.36. The third-order valence-electron chi connectivity index (χ3n) is 5.20. The number of aliphatic carboxylic acids is 1. The number of amides is 1. The molecule has 0 spiro atoms. The number of morpholine rings is 1. The standard InChI is InChI=1S/C23H25N5O2.C2HF3O2/c1-24-23(29)20-4-2-3-5-21(20)26-18-10-11-25-22(16-18)27-17-6-8-19(9-7-17)28-12-14-30-15-13-28;3-2(4,5)1(6)7/h2-11,16H,12-15H2,1H3,(H,24,29)(H2,25,26,27);(H,6,7). The van der Waals surface area contributed by atoms with Crippen LogP contribution in [0.3, 0.4) is 0 Å². The summed E-state index contributed by atoms with van der Waals surface area (Å²) in [6.07, 6.45) is -3.35. The van der Waals surface area contributed by atoms with E-state index >= 15 is 0 Å². The predicted octanol–water partition coefficient (Wildman–Crippen LogP) is 4.40. The van der Waals surface area contributed by atoms with E-state index < -0.39 is 12.1 Å². The van der Waals surface area contributed by atoms with Gasteiger partial charge in [0.15, 0.2) is 0 Å². The van der Waals surface area contributed by atoms with Crippen LogP contribution >= 0.6 is 0 Å². The van der Waals surface area contributed by atoms with Crippen LogP contribution < -0.4 is 20.9 Å². The normalized spacial score (nSPS) is 13.1. The number of carboxylic acid groups (broad SMARTS) is 1. The number of para-hydroxylation sites is 1. The average Bonchev–Trinajstić information content (AvgIpc) is 2.89. The highest BCUT2D eigenvalue weighted by Gasteiger charge is 2.38. The molecule has 12 heteroatoms. The first-order valence-electron chi connectivity index (χ1n) is 11.2. The van der Waals surface area contributed by atoms with E-state index in [1.54, 1.807) is 19.3 Å². The second-order valence-electron chi connectivity index (χ2n) is 7.75. The van der Waals surface area contributed by atoms with Gasteiger partial charge in [0.05, 0.1) is 24.5 Å².